The summed E-state index contributed by atoms with van der Waals surface area (Å²) in [7, 11) is 0. The predicted octanol–water partition coefficient (Wildman–Crippen LogP) is 2.66. The zero-order valence-electron chi connectivity index (χ0n) is 23.1. The first-order valence-corrected chi connectivity index (χ1v) is 13.7. The molecule has 4 heterocycles. The highest BCUT2D eigenvalue weighted by Crippen LogP contribution is 2.23. The third kappa shape index (κ3) is 6.71. The van der Waals surface area contributed by atoms with Crippen molar-refractivity contribution < 1.29 is 23.6 Å². The minimum atomic E-state index is -0.754. The Morgan fingerprint density at radius 2 is 2.00 bits per heavy atom. The Bertz CT molecular complexity index is 1530. The fourth-order valence-electron chi connectivity index (χ4n) is 4.79. The van der Waals surface area contributed by atoms with Crippen LogP contribution in [0.1, 0.15) is 37.2 Å². The van der Waals surface area contributed by atoms with Crippen molar-refractivity contribution in [1.29, 1.82) is 0 Å². The molecule has 1 aliphatic heterocycles. The number of carbonyl (C=O) groups is 3. The molecule has 0 spiro atoms. The van der Waals surface area contributed by atoms with Crippen LogP contribution in [0.2, 0.25) is 0 Å². The third-order valence-electron chi connectivity index (χ3n) is 6.73. The van der Waals surface area contributed by atoms with Gasteiger partial charge in [0, 0.05) is 43.8 Å². The average molecular weight is 560 g/mol. The summed E-state index contributed by atoms with van der Waals surface area (Å²) in [4.78, 5) is 49.9. The van der Waals surface area contributed by atoms with Crippen LogP contribution in [0.25, 0.3) is 22.4 Å². The largest absolute Gasteiger partial charge is 0.494 e. The van der Waals surface area contributed by atoms with Crippen molar-refractivity contribution in [2.75, 3.05) is 26.2 Å². The molecule has 1 aromatic carbocycles. The summed E-state index contributed by atoms with van der Waals surface area (Å²) in [6.07, 6.45) is 6.02. The molecular weight excluding hydrogens is 526 g/mol. The standard InChI is InChI=1S/C29H33N7O5/c1-19(2)16-23-28(38)32-11-14-35-13-10-31-27(35)20-6-3-7-21(17-20)40-15-5-12-36(18-24(37)33-23)29(39)25-22-8-4-9-30-26(22)34-41-25/h3-4,6-10,13,17,19,23H,5,11-12,14-16,18H2,1-2H3,(H,32,38)(H,33,37)/t23-/m1/s1. The van der Waals surface area contributed by atoms with E-state index in [0.29, 0.717) is 49.3 Å². The minimum absolute atomic E-state index is 0.00337. The molecule has 12 heteroatoms. The molecule has 214 valence electrons. The number of ether oxygens (including phenoxy) is 1. The number of amides is 3. The zero-order chi connectivity index (χ0) is 28.8. The van der Waals surface area contributed by atoms with Crippen molar-refractivity contribution in [3.63, 3.8) is 0 Å². The maximum absolute atomic E-state index is 13.6. The number of benzene rings is 1. The predicted molar refractivity (Wildman–Crippen MR) is 150 cm³/mol. The summed E-state index contributed by atoms with van der Waals surface area (Å²) in [6, 6.07) is 10.2. The van der Waals surface area contributed by atoms with Crippen molar-refractivity contribution in [2.24, 2.45) is 5.92 Å². The van der Waals surface area contributed by atoms with Gasteiger partial charge in [-0.2, -0.15) is 0 Å². The van der Waals surface area contributed by atoms with Gasteiger partial charge in [-0.3, -0.25) is 14.4 Å². The zero-order valence-corrected chi connectivity index (χ0v) is 23.1. The van der Waals surface area contributed by atoms with E-state index in [1.807, 2.05) is 48.9 Å². The first-order chi connectivity index (χ1) is 19.9. The molecule has 0 unspecified atom stereocenters. The van der Waals surface area contributed by atoms with Gasteiger partial charge in [-0.05, 0) is 43.0 Å². The maximum atomic E-state index is 13.6. The number of carbonyl (C=O) groups excluding carboxylic acids is 3. The minimum Gasteiger partial charge on any atom is -0.494 e. The fourth-order valence-corrected chi connectivity index (χ4v) is 4.79. The van der Waals surface area contributed by atoms with Crippen LogP contribution >= 0.6 is 0 Å². The topological polar surface area (TPSA) is 144 Å². The van der Waals surface area contributed by atoms with E-state index in [0.717, 1.165) is 11.4 Å². The molecule has 0 radical (unpaired) electrons. The van der Waals surface area contributed by atoms with Gasteiger partial charge in [0.1, 0.15) is 17.6 Å². The first kappa shape index (κ1) is 27.8. The molecule has 3 aromatic heterocycles. The summed E-state index contributed by atoms with van der Waals surface area (Å²) in [5, 5.41) is 10.1. The molecule has 0 saturated heterocycles. The molecule has 0 fully saturated rings. The molecule has 2 bridgehead atoms. The molecule has 1 atom stereocenters. The van der Waals surface area contributed by atoms with Crippen LogP contribution in [0.15, 0.2) is 59.5 Å². The number of imidazole rings is 1. The summed E-state index contributed by atoms with van der Waals surface area (Å²) >= 11 is 0. The second kappa shape index (κ2) is 12.6. The number of pyridine rings is 1. The highest BCUT2D eigenvalue weighted by atomic mass is 16.5. The van der Waals surface area contributed by atoms with E-state index < -0.39 is 17.9 Å². The number of aromatic nitrogens is 4. The quantitative estimate of drug-likeness (QED) is 0.390. The third-order valence-corrected chi connectivity index (χ3v) is 6.73. The van der Waals surface area contributed by atoms with Crippen LogP contribution in [-0.4, -0.2) is 74.6 Å². The Hall–Kier alpha value is -4.74. The molecular formula is C29H33N7O5. The van der Waals surface area contributed by atoms with E-state index >= 15 is 0 Å². The van der Waals surface area contributed by atoms with Gasteiger partial charge in [0.05, 0.1) is 18.5 Å². The second-order valence-corrected chi connectivity index (χ2v) is 10.3. The Balaban J connectivity index is 1.41. The number of nitrogens with zero attached hydrogens (tertiary/aromatic N) is 5. The lowest BCUT2D eigenvalue weighted by Crippen LogP contribution is -2.51. The van der Waals surface area contributed by atoms with Crippen molar-refractivity contribution in [1.82, 2.24) is 35.2 Å². The Morgan fingerprint density at radius 1 is 1.12 bits per heavy atom. The van der Waals surface area contributed by atoms with Gasteiger partial charge in [-0.25, -0.2) is 9.97 Å². The van der Waals surface area contributed by atoms with E-state index in [9.17, 15) is 14.4 Å². The summed E-state index contributed by atoms with van der Waals surface area (Å²) in [6.45, 7) is 5.06. The SMILES string of the molecule is CC(C)C[C@H]1NC(=O)CN(C(=O)c2onc3ncccc23)CCCOc2cccc(c2)-c2nccn2CCNC1=O. The van der Waals surface area contributed by atoms with E-state index in [2.05, 4.69) is 25.8 Å². The Kier molecular flexibility index (Phi) is 8.56. The van der Waals surface area contributed by atoms with Gasteiger partial charge in [0.25, 0.3) is 5.91 Å². The number of nitrogens with one attached hydrogen (secondary N) is 2. The van der Waals surface area contributed by atoms with Gasteiger partial charge in [0.2, 0.25) is 23.2 Å². The lowest BCUT2D eigenvalue weighted by atomic mass is 10.0. The summed E-state index contributed by atoms with van der Waals surface area (Å²) < 4.78 is 13.3. The Morgan fingerprint density at radius 3 is 2.85 bits per heavy atom. The van der Waals surface area contributed by atoms with Crippen molar-refractivity contribution in [3.8, 4) is 17.1 Å². The van der Waals surface area contributed by atoms with Gasteiger partial charge < -0.3 is 29.4 Å². The van der Waals surface area contributed by atoms with Crippen LogP contribution in [-0.2, 0) is 16.1 Å². The lowest BCUT2D eigenvalue weighted by Gasteiger charge is -2.24. The number of hydrogen-bond donors (Lipinski definition) is 2. The van der Waals surface area contributed by atoms with E-state index in [-0.39, 0.29) is 30.7 Å². The van der Waals surface area contributed by atoms with Crippen LogP contribution < -0.4 is 15.4 Å². The lowest BCUT2D eigenvalue weighted by molar-refractivity contribution is -0.129. The molecule has 41 heavy (non-hydrogen) atoms. The molecule has 1 aliphatic rings. The smallest absolute Gasteiger partial charge is 0.293 e. The number of hydrogen-bond acceptors (Lipinski definition) is 8. The van der Waals surface area contributed by atoms with Gasteiger partial charge in [-0.1, -0.05) is 31.1 Å². The first-order valence-electron chi connectivity index (χ1n) is 13.7. The van der Waals surface area contributed by atoms with Crippen LogP contribution in [0.3, 0.4) is 0 Å². The van der Waals surface area contributed by atoms with Crippen molar-refractivity contribution in [2.45, 2.75) is 39.3 Å². The highest BCUT2D eigenvalue weighted by molar-refractivity contribution is 6.04. The van der Waals surface area contributed by atoms with Gasteiger partial charge >= 0.3 is 0 Å². The molecule has 3 amide bonds. The molecule has 2 N–H and O–H groups in total. The van der Waals surface area contributed by atoms with E-state index in [1.165, 1.54) is 4.90 Å². The summed E-state index contributed by atoms with van der Waals surface area (Å²) in [5.41, 5.74) is 1.19. The van der Waals surface area contributed by atoms with E-state index in [4.69, 9.17) is 9.26 Å². The average Bonchev–Trinajstić information content (AvgIpc) is 3.61. The van der Waals surface area contributed by atoms with Crippen molar-refractivity contribution >= 4 is 28.8 Å². The molecule has 12 nitrogen and oxygen atoms in total. The van der Waals surface area contributed by atoms with Gasteiger partial charge in [-0.15, -0.1) is 0 Å². The normalized spacial score (nSPS) is 17.2. The second-order valence-electron chi connectivity index (χ2n) is 10.3. The monoisotopic (exact) mass is 559 g/mol. The van der Waals surface area contributed by atoms with Crippen LogP contribution in [0.4, 0.5) is 0 Å². The maximum Gasteiger partial charge on any atom is 0.293 e. The molecule has 0 aliphatic carbocycles. The van der Waals surface area contributed by atoms with Crippen LogP contribution in [0, 0.1) is 5.92 Å². The molecule has 5 rings (SSSR count). The van der Waals surface area contributed by atoms with Crippen LogP contribution in [0.5, 0.6) is 5.75 Å². The van der Waals surface area contributed by atoms with Crippen molar-refractivity contribution in [3.05, 3.63) is 60.7 Å². The molecule has 0 saturated carbocycles. The molecule has 4 aromatic rings. The summed E-state index contributed by atoms with van der Waals surface area (Å²) in [5.74, 6) is 0.337. The van der Waals surface area contributed by atoms with Gasteiger partial charge in [0.15, 0.2) is 0 Å². The Labute approximate surface area is 237 Å². The number of fused-ring (bicyclic) bond motifs is 5. The number of rotatable bonds is 3. The fraction of sp³-hybridized carbons (Fsp3) is 0.379. The highest BCUT2D eigenvalue weighted by Gasteiger charge is 2.28. The van der Waals surface area contributed by atoms with E-state index in [1.54, 1.807) is 24.5 Å².